The lowest BCUT2D eigenvalue weighted by Gasteiger charge is -2.44. The van der Waals surface area contributed by atoms with Crippen LogP contribution < -0.4 is 5.73 Å². The van der Waals surface area contributed by atoms with E-state index in [1.165, 1.54) is 0 Å². The maximum atomic E-state index is 8.87. The van der Waals surface area contributed by atoms with E-state index in [9.17, 15) is 0 Å². The van der Waals surface area contributed by atoms with E-state index in [2.05, 4.69) is 6.92 Å². The smallest absolute Gasteiger partial charge is 0.0499 e. The van der Waals surface area contributed by atoms with Gasteiger partial charge >= 0.3 is 0 Å². The van der Waals surface area contributed by atoms with E-state index in [1.807, 2.05) is 0 Å². The van der Waals surface area contributed by atoms with Crippen LogP contribution in [0.5, 0.6) is 0 Å². The van der Waals surface area contributed by atoms with Crippen LogP contribution in [0.2, 0.25) is 0 Å². The zero-order valence-corrected chi connectivity index (χ0v) is 5.93. The van der Waals surface area contributed by atoms with E-state index in [4.69, 9.17) is 10.8 Å². The van der Waals surface area contributed by atoms with Gasteiger partial charge in [0.05, 0.1) is 0 Å². The van der Waals surface area contributed by atoms with Crippen molar-refractivity contribution >= 4 is 0 Å². The highest BCUT2D eigenvalue weighted by Crippen LogP contribution is 2.43. The SMILES string of the molecule is CC1CC(CN)(CO)C1. The molecule has 0 bridgehead atoms. The van der Waals surface area contributed by atoms with E-state index in [0.29, 0.717) is 6.54 Å². The van der Waals surface area contributed by atoms with E-state index in [-0.39, 0.29) is 12.0 Å². The Morgan fingerprint density at radius 2 is 2.22 bits per heavy atom. The number of aliphatic hydroxyl groups is 1. The minimum absolute atomic E-state index is 0.111. The van der Waals surface area contributed by atoms with Crippen molar-refractivity contribution in [1.29, 1.82) is 0 Å². The average molecular weight is 129 g/mol. The molecule has 1 aliphatic rings. The monoisotopic (exact) mass is 129 g/mol. The van der Waals surface area contributed by atoms with Crippen molar-refractivity contribution in [2.75, 3.05) is 13.2 Å². The molecule has 0 aromatic carbocycles. The number of rotatable bonds is 2. The Morgan fingerprint density at radius 1 is 1.67 bits per heavy atom. The zero-order chi connectivity index (χ0) is 6.91. The van der Waals surface area contributed by atoms with Crippen LogP contribution in [-0.4, -0.2) is 18.3 Å². The third kappa shape index (κ3) is 1.10. The van der Waals surface area contributed by atoms with Crippen molar-refractivity contribution < 1.29 is 5.11 Å². The fraction of sp³-hybridized carbons (Fsp3) is 1.00. The van der Waals surface area contributed by atoms with Gasteiger partial charge in [-0.2, -0.15) is 0 Å². The third-order valence-corrected chi connectivity index (χ3v) is 2.33. The number of nitrogens with two attached hydrogens (primary N) is 1. The molecule has 0 atom stereocenters. The fourth-order valence-electron chi connectivity index (χ4n) is 1.78. The second-order valence-corrected chi connectivity index (χ2v) is 3.38. The summed E-state index contributed by atoms with van der Waals surface area (Å²) in [4.78, 5) is 0. The molecule has 0 aromatic heterocycles. The molecule has 0 aliphatic heterocycles. The lowest BCUT2D eigenvalue weighted by molar-refractivity contribution is 0.0106. The maximum Gasteiger partial charge on any atom is 0.0499 e. The molecular weight excluding hydrogens is 114 g/mol. The van der Waals surface area contributed by atoms with Crippen molar-refractivity contribution in [3.63, 3.8) is 0 Å². The average Bonchev–Trinajstić information content (AvgIpc) is 1.81. The predicted octanol–water partition coefficient (Wildman–Crippen LogP) is 0.354. The highest BCUT2D eigenvalue weighted by atomic mass is 16.3. The molecule has 2 nitrogen and oxygen atoms in total. The summed E-state index contributed by atoms with van der Waals surface area (Å²) in [5.41, 5.74) is 5.59. The summed E-state index contributed by atoms with van der Waals surface area (Å²) in [6.45, 7) is 3.12. The van der Waals surface area contributed by atoms with Gasteiger partial charge in [-0.1, -0.05) is 6.92 Å². The highest BCUT2D eigenvalue weighted by molar-refractivity contribution is 4.91. The van der Waals surface area contributed by atoms with Gasteiger partial charge in [-0.3, -0.25) is 0 Å². The van der Waals surface area contributed by atoms with Gasteiger partial charge < -0.3 is 10.8 Å². The van der Waals surface area contributed by atoms with Crippen molar-refractivity contribution in [3.8, 4) is 0 Å². The van der Waals surface area contributed by atoms with E-state index in [0.717, 1.165) is 18.8 Å². The molecule has 3 N–H and O–H groups in total. The van der Waals surface area contributed by atoms with Gasteiger partial charge in [0.25, 0.3) is 0 Å². The number of aliphatic hydroxyl groups excluding tert-OH is 1. The standard InChI is InChI=1S/C7H15NO/c1-6-2-7(3-6,4-8)5-9/h6,9H,2-5,8H2,1H3. The molecule has 1 rings (SSSR count). The number of hydrogen-bond acceptors (Lipinski definition) is 2. The second-order valence-electron chi connectivity index (χ2n) is 3.38. The number of hydrogen-bond donors (Lipinski definition) is 2. The lowest BCUT2D eigenvalue weighted by atomic mass is 9.63. The molecule has 0 radical (unpaired) electrons. The molecule has 1 fully saturated rings. The van der Waals surface area contributed by atoms with Crippen molar-refractivity contribution in [2.24, 2.45) is 17.1 Å². The van der Waals surface area contributed by atoms with Crippen molar-refractivity contribution in [1.82, 2.24) is 0 Å². The van der Waals surface area contributed by atoms with Gasteiger partial charge in [-0.15, -0.1) is 0 Å². The normalized spacial score (nSPS) is 42.3. The molecule has 54 valence electrons. The van der Waals surface area contributed by atoms with Gasteiger partial charge in [-0.05, 0) is 18.8 Å². The summed E-state index contributed by atoms with van der Waals surface area (Å²) in [6.07, 6.45) is 2.22. The summed E-state index contributed by atoms with van der Waals surface area (Å²) < 4.78 is 0. The van der Waals surface area contributed by atoms with Gasteiger partial charge in [0.15, 0.2) is 0 Å². The van der Waals surface area contributed by atoms with Crippen LogP contribution in [0.1, 0.15) is 19.8 Å². The van der Waals surface area contributed by atoms with Gasteiger partial charge in [0, 0.05) is 18.6 Å². The zero-order valence-electron chi connectivity index (χ0n) is 5.93. The van der Waals surface area contributed by atoms with Crippen LogP contribution in [0.3, 0.4) is 0 Å². The Labute approximate surface area is 56.1 Å². The molecule has 1 aliphatic carbocycles. The van der Waals surface area contributed by atoms with Crippen LogP contribution in [0.15, 0.2) is 0 Å². The van der Waals surface area contributed by atoms with Crippen molar-refractivity contribution in [2.45, 2.75) is 19.8 Å². The van der Waals surface area contributed by atoms with E-state index in [1.54, 1.807) is 0 Å². The van der Waals surface area contributed by atoms with E-state index >= 15 is 0 Å². The minimum atomic E-state index is 0.111. The Balaban J connectivity index is 2.36. The maximum absolute atomic E-state index is 8.87. The molecule has 2 heteroatoms. The topological polar surface area (TPSA) is 46.2 Å². The van der Waals surface area contributed by atoms with Crippen molar-refractivity contribution in [3.05, 3.63) is 0 Å². The van der Waals surface area contributed by atoms with Gasteiger partial charge in [0.2, 0.25) is 0 Å². The highest BCUT2D eigenvalue weighted by Gasteiger charge is 2.39. The molecule has 0 saturated heterocycles. The predicted molar refractivity (Wildman–Crippen MR) is 37.0 cm³/mol. The first-order valence-corrected chi connectivity index (χ1v) is 3.53. The Morgan fingerprint density at radius 3 is 2.33 bits per heavy atom. The molecule has 1 saturated carbocycles. The molecule has 0 amide bonds. The molecule has 0 aromatic rings. The summed E-state index contributed by atoms with van der Waals surface area (Å²) in [5, 5.41) is 8.87. The lowest BCUT2D eigenvalue weighted by Crippen LogP contribution is -2.44. The molecule has 0 heterocycles. The Hall–Kier alpha value is -0.0800. The molecule has 9 heavy (non-hydrogen) atoms. The molecule has 0 spiro atoms. The largest absolute Gasteiger partial charge is 0.396 e. The second kappa shape index (κ2) is 2.27. The van der Waals surface area contributed by atoms with Crippen LogP contribution in [0.25, 0.3) is 0 Å². The van der Waals surface area contributed by atoms with Crippen LogP contribution in [0.4, 0.5) is 0 Å². The van der Waals surface area contributed by atoms with Crippen LogP contribution in [0, 0.1) is 11.3 Å². The minimum Gasteiger partial charge on any atom is -0.396 e. The third-order valence-electron chi connectivity index (χ3n) is 2.33. The summed E-state index contributed by atoms with van der Waals surface area (Å²) in [5.74, 6) is 0.778. The van der Waals surface area contributed by atoms with Crippen LogP contribution in [-0.2, 0) is 0 Å². The quantitative estimate of drug-likeness (QED) is 0.565. The van der Waals surface area contributed by atoms with Gasteiger partial charge in [-0.25, -0.2) is 0 Å². The summed E-state index contributed by atoms with van der Waals surface area (Å²) >= 11 is 0. The van der Waals surface area contributed by atoms with Crippen LogP contribution >= 0.6 is 0 Å². The van der Waals surface area contributed by atoms with Gasteiger partial charge in [0.1, 0.15) is 0 Å². The Kier molecular flexibility index (Phi) is 1.78. The molecular formula is C7H15NO. The summed E-state index contributed by atoms with van der Waals surface area (Å²) in [7, 11) is 0. The fourth-order valence-corrected chi connectivity index (χ4v) is 1.78. The Bertz CT molecular complexity index is 91.1. The first kappa shape index (κ1) is 7.03. The summed E-state index contributed by atoms with van der Waals surface area (Å²) in [6, 6.07) is 0. The first-order valence-electron chi connectivity index (χ1n) is 3.53. The first-order chi connectivity index (χ1) is 4.22. The molecule has 0 unspecified atom stereocenters. The van der Waals surface area contributed by atoms with E-state index < -0.39 is 0 Å².